The van der Waals surface area contributed by atoms with E-state index in [2.05, 4.69) is 18.0 Å². The Morgan fingerprint density at radius 2 is 2.29 bits per heavy atom. The monoisotopic (exact) mass is 336 g/mol. The second kappa shape index (κ2) is 5.88. The third-order valence-corrected chi connectivity index (χ3v) is 5.67. The van der Waals surface area contributed by atoms with Crippen molar-refractivity contribution in [2.75, 3.05) is 0 Å². The molecule has 4 rings (SSSR count). The number of nitriles is 1. The van der Waals surface area contributed by atoms with Gasteiger partial charge >= 0.3 is 0 Å². The first-order valence-corrected chi connectivity index (χ1v) is 8.94. The zero-order valence-electron chi connectivity index (χ0n) is 13.3. The zero-order valence-corrected chi connectivity index (χ0v) is 14.1. The lowest BCUT2D eigenvalue weighted by Crippen LogP contribution is -2.16. The molecule has 0 saturated heterocycles. The lowest BCUT2D eigenvalue weighted by atomic mass is 9.86. The van der Waals surface area contributed by atoms with Crippen LogP contribution in [-0.4, -0.2) is 10.8 Å². The van der Waals surface area contributed by atoms with Gasteiger partial charge in [0.05, 0.1) is 6.07 Å². The van der Waals surface area contributed by atoms with E-state index in [1.54, 1.807) is 17.4 Å². The van der Waals surface area contributed by atoms with Gasteiger partial charge in [0.25, 0.3) is 0 Å². The van der Waals surface area contributed by atoms with Crippen molar-refractivity contribution in [1.82, 2.24) is 4.98 Å². The minimum absolute atomic E-state index is 0.188. The van der Waals surface area contributed by atoms with Gasteiger partial charge < -0.3 is 4.42 Å². The average Bonchev–Trinajstić information content (AvgIpc) is 3.18. The maximum Gasteiger partial charge on any atom is 0.220 e. The Morgan fingerprint density at radius 3 is 3.08 bits per heavy atom. The van der Waals surface area contributed by atoms with E-state index in [0.717, 1.165) is 24.8 Å². The Kier molecular flexibility index (Phi) is 3.70. The average molecular weight is 336 g/mol. The second-order valence-corrected chi connectivity index (χ2v) is 7.31. The van der Waals surface area contributed by atoms with E-state index in [1.807, 2.05) is 23.6 Å². The van der Waals surface area contributed by atoms with Gasteiger partial charge in [-0.2, -0.15) is 5.26 Å². The summed E-state index contributed by atoms with van der Waals surface area (Å²) in [6.07, 6.45) is 3.02. The Bertz CT molecular complexity index is 930. The van der Waals surface area contributed by atoms with Crippen LogP contribution in [0, 0.1) is 17.2 Å². The van der Waals surface area contributed by atoms with E-state index in [-0.39, 0.29) is 11.7 Å². The molecule has 24 heavy (non-hydrogen) atoms. The van der Waals surface area contributed by atoms with E-state index in [9.17, 15) is 10.1 Å². The SMILES string of the molecule is CC1CCc2c(C(=O)C(C#N)c3nc4ccccc4o3)csc2C1. The first-order valence-electron chi connectivity index (χ1n) is 8.06. The van der Waals surface area contributed by atoms with Crippen LogP contribution < -0.4 is 0 Å². The molecule has 1 aromatic carbocycles. The van der Waals surface area contributed by atoms with E-state index in [0.29, 0.717) is 22.6 Å². The molecule has 0 bridgehead atoms. The minimum Gasteiger partial charge on any atom is -0.439 e. The number of fused-ring (bicyclic) bond motifs is 2. The first kappa shape index (κ1) is 15.1. The molecule has 0 amide bonds. The molecular weight excluding hydrogens is 320 g/mol. The number of nitrogens with zero attached hydrogens (tertiary/aromatic N) is 2. The highest BCUT2D eigenvalue weighted by Gasteiger charge is 2.31. The van der Waals surface area contributed by atoms with Crippen molar-refractivity contribution >= 4 is 28.2 Å². The summed E-state index contributed by atoms with van der Waals surface area (Å²) >= 11 is 1.63. The molecule has 0 aliphatic heterocycles. The minimum atomic E-state index is -0.990. The number of rotatable bonds is 3. The van der Waals surface area contributed by atoms with Crippen LogP contribution in [-0.2, 0) is 12.8 Å². The number of aromatic nitrogens is 1. The normalized spacial score (nSPS) is 18.1. The molecule has 120 valence electrons. The molecule has 2 atom stereocenters. The van der Waals surface area contributed by atoms with Gasteiger partial charge in [0.1, 0.15) is 5.52 Å². The van der Waals surface area contributed by atoms with Gasteiger partial charge in [-0.3, -0.25) is 4.79 Å². The number of Topliss-reactive ketones (excluding diaryl/α,β-unsaturated/α-hetero) is 1. The van der Waals surface area contributed by atoms with Gasteiger partial charge in [0, 0.05) is 15.8 Å². The van der Waals surface area contributed by atoms with Gasteiger partial charge in [-0.1, -0.05) is 19.1 Å². The molecule has 3 aromatic rings. The van der Waals surface area contributed by atoms with Crippen molar-refractivity contribution in [1.29, 1.82) is 5.26 Å². The van der Waals surface area contributed by atoms with Crippen molar-refractivity contribution in [3.63, 3.8) is 0 Å². The van der Waals surface area contributed by atoms with Crippen LogP contribution in [0.4, 0.5) is 0 Å². The molecule has 5 heteroatoms. The molecule has 1 aliphatic rings. The molecule has 2 aromatic heterocycles. The highest BCUT2D eigenvalue weighted by molar-refractivity contribution is 7.10. The van der Waals surface area contributed by atoms with Crippen molar-refractivity contribution in [3.05, 3.63) is 51.5 Å². The molecule has 0 fully saturated rings. The summed E-state index contributed by atoms with van der Waals surface area (Å²) in [5, 5.41) is 11.5. The molecule has 0 spiro atoms. The van der Waals surface area contributed by atoms with Crippen molar-refractivity contribution in [3.8, 4) is 6.07 Å². The van der Waals surface area contributed by atoms with Crippen molar-refractivity contribution in [2.24, 2.45) is 5.92 Å². The Morgan fingerprint density at radius 1 is 1.46 bits per heavy atom. The van der Waals surface area contributed by atoms with Crippen LogP contribution in [0.3, 0.4) is 0 Å². The lowest BCUT2D eigenvalue weighted by Gasteiger charge is -2.19. The van der Waals surface area contributed by atoms with Crippen LogP contribution in [0.15, 0.2) is 34.1 Å². The van der Waals surface area contributed by atoms with Crippen LogP contribution in [0.5, 0.6) is 0 Å². The molecule has 0 N–H and O–H groups in total. The van der Waals surface area contributed by atoms with Crippen molar-refractivity contribution < 1.29 is 9.21 Å². The summed E-state index contributed by atoms with van der Waals surface area (Å²) in [6, 6.07) is 9.39. The molecular formula is C19H16N2O2S. The molecule has 0 radical (unpaired) electrons. The number of thiophene rings is 1. The highest BCUT2D eigenvalue weighted by Crippen LogP contribution is 2.35. The molecule has 1 aliphatic carbocycles. The van der Waals surface area contributed by atoms with Gasteiger partial charge in [0.15, 0.2) is 17.3 Å². The summed E-state index contributed by atoms with van der Waals surface area (Å²) in [5.41, 5.74) is 3.07. The maximum atomic E-state index is 13.0. The third-order valence-electron chi connectivity index (χ3n) is 4.62. The zero-order chi connectivity index (χ0) is 16.7. The number of benzene rings is 1. The fourth-order valence-corrected chi connectivity index (χ4v) is 4.53. The predicted octanol–water partition coefficient (Wildman–Crippen LogP) is 4.50. The molecule has 0 saturated carbocycles. The van der Waals surface area contributed by atoms with Crippen molar-refractivity contribution in [2.45, 2.75) is 32.1 Å². The highest BCUT2D eigenvalue weighted by atomic mass is 32.1. The number of hydrogen-bond donors (Lipinski definition) is 0. The summed E-state index contributed by atoms with van der Waals surface area (Å²) in [6.45, 7) is 2.24. The number of carbonyl (C=O) groups excluding carboxylic acids is 1. The van der Waals surface area contributed by atoms with Gasteiger partial charge in [0.2, 0.25) is 5.89 Å². The van der Waals surface area contributed by atoms with Crippen LogP contribution in [0.1, 0.15) is 46.0 Å². The topological polar surface area (TPSA) is 66.9 Å². The second-order valence-electron chi connectivity index (χ2n) is 6.35. The lowest BCUT2D eigenvalue weighted by molar-refractivity contribution is 0.0969. The number of hydrogen-bond acceptors (Lipinski definition) is 5. The predicted molar refractivity (Wildman–Crippen MR) is 92.2 cm³/mol. The van der Waals surface area contributed by atoms with Crippen LogP contribution >= 0.6 is 11.3 Å². The maximum absolute atomic E-state index is 13.0. The number of para-hydroxylation sites is 2. The van der Waals surface area contributed by atoms with E-state index in [1.165, 1.54) is 4.88 Å². The smallest absolute Gasteiger partial charge is 0.220 e. The summed E-state index contributed by atoms with van der Waals surface area (Å²) in [4.78, 5) is 18.6. The van der Waals surface area contributed by atoms with E-state index >= 15 is 0 Å². The molecule has 2 heterocycles. The number of ketones is 1. The fraction of sp³-hybridized carbons (Fsp3) is 0.316. The summed E-state index contributed by atoms with van der Waals surface area (Å²) in [7, 11) is 0. The Balaban J connectivity index is 1.71. The summed E-state index contributed by atoms with van der Waals surface area (Å²) < 4.78 is 5.65. The third kappa shape index (κ3) is 2.44. The van der Waals surface area contributed by atoms with E-state index in [4.69, 9.17) is 4.42 Å². The van der Waals surface area contributed by atoms with Gasteiger partial charge in [-0.15, -0.1) is 11.3 Å². The molecule has 4 nitrogen and oxygen atoms in total. The number of oxazole rings is 1. The largest absolute Gasteiger partial charge is 0.439 e. The Hall–Kier alpha value is -2.45. The standard InChI is InChI=1S/C19H16N2O2S/c1-11-6-7-12-14(10-24-17(12)8-11)18(22)13(9-20)19-21-15-4-2-3-5-16(15)23-19/h2-5,10-11,13H,6-8H2,1H3. The summed E-state index contributed by atoms with van der Waals surface area (Å²) in [5.74, 6) is -0.345. The quantitative estimate of drug-likeness (QED) is 0.660. The van der Waals surface area contributed by atoms with Gasteiger partial charge in [-0.05, 0) is 42.9 Å². The van der Waals surface area contributed by atoms with Crippen LogP contribution in [0.2, 0.25) is 0 Å². The first-order chi connectivity index (χ1) is 11.7. The fourth-order valence-electron chi connectivity index (χ4n) is 3.28. The molecule has 2 unspecified atom stereocenters. The van der Waals surface area contributed by atoms with E-state index < -0.39 is 5.92 Å². The van der Waals surface area contributed by atoms with Crippen LogP contribution in [0.25, 0.3) is 11.1 Å². The Labute approximate surface area is 143 Å². The van der Waals surface area contributed by atoms with Gasteiger partial charge in [-0.25, -0.2) is 4.98 Å². The number of carbonyl (C=O) groups is 1.